The molecule has 0 aliphatic carbocycles. The minimum Gasteiger partial charge on any atom is -0.395 e. The predicted molar refractivity (Wildman–Crippen MR) is 84.6 cm³/mol. The quantitative estimate of drug-likeness (QED) is 0.583. The average Bonchev–Trinajstić information content (AvgIpc) is 2.77. The SMILES string of the molecule is CN(CCO)c1ccc(/C=N\n2c(=S)[nH][nH]c2=S)cc1. The topological polar surface area (TPSA) is 72.3 Å². The highest BCUT2D eigenvalue weighted by molar-refractivity contribution is 7.72. The zero-order valence-corrected chi connectivity index (χ0v) is 12.5. The smallest absolute Gasteiger partial charge is 0.215 e. The summed E-state index contributed by atoms with van der Waals surface area (Å²) in [6, 6.07) is 7.81. The summed E-state index contributed by atoms with van der Waals surface area (Å²) in [7, 11) is 1.93. The van der Waals surface area contributed by atoms with E-state index in [1.165, 1.54) is 4.68 Å². The maximum atomic E-state index is 8.90. The van der Waals surface area contributed by atoms with Crippen molar-refractivity contribution >= 4 is 36.3 Å². The van der Waals surface area contributed by atoms with Gasteiger partial charge in [0.25, 0.3) is 0 Å². The first-order chi connectivity index (χ1) is 9.61. The third kappa shape index (κ3) is 3.41. The Morgan fingerprint density at radius 3 is 2.40 bits per heavy atom. The molecule has 0 aliphatic rings. The molecule has 0 fully saturated rings. The minimum absolute atomic E-state index is 0.129. The Kier molecular flexibility index (Phi) is 4.83. The number of benzene rings is 1. The molecule has 6 nitrogen and oxygen atoms in total. The van der Waals surface area contributed by atoms with E-state index < -0.39 is 0 Å². The molecule has 1 aromatic carbocycles. The molecule has 1 aromatic heterocycles. The van der Waals surface area contributed by atoms with Gasteiger partial charge in [0.05, 0.1) is 12.8 Å². The molecule has 1 heterocycles. The van der Waals surface area contributed by atoms with Crippen molar-refractivity contribution in [2.75, 3.05) is 25.1 Å². The fourth-order valence-electron chi connectivity index (χ4n) is 1.63. The lowest BCUT2D eigenvalue weighted by Crippen LogP contribution is -2.20. The summed E-state index contributed by atoms with van der Waals surface area (Å²) in [5.74, 6) is 0. The lowest BCUT2D eigenvalue weighted by Gasteiger charge is -2.17. The second-order valence-electron chi connectivity index (χ2n) is 4.15. The van der Waals surface area contributed by atoms with Gasteiger partial charge in [-0.2, -0.15) is 9.78 Å². The third-order valence-electron chi connectivity index (χ3n) is 2.75. The number of H-pyrrole nitrogens is 2. The summed E-state index contributed by atoms with van der Waals surface area (Å²) in [6.07, 6.45) is 1.68. The van der Waals surface area contributed by atoms with Crippen molar-refractivity contribution in [1.82, 2.24) is 14.9 Å². The summed E-state index contributed by atoms with van der Waals surface area (Å²) in [5.41, 5.74) is 1.97. The van der Waals surface area contributed by atoms with Gasteiger partial charge in [-0.3, -0.25) is 10.2 Å². The molecule has 20 heavy (non-hydrogen) atoms. The molecule has 0 saturated heterocycles. The fourth-order valence-corrected chi connectivity index (χ4v) is 2.07. The Bertz CT molecular complexity index is 670. The van der Waals surface area contributed by atoms with E-state index in [-0.39, 0.29) is 6.61 Å². The fraction of sp³-hybridized carbons (Fsp3) is 0.250. The number of likely N-dealkylation sites (N-methyl/N-ethyl adjacent to an activating group) is 1. The standard InChI is InChI=1S/C12H15N5OS2/c1-16(6-7-18)10-4-2-9(3-5-10)8-13-17-11(19)14-15-12(17)20/h2-5,8,18H,6-7H2,1H3,(H,14,19)(H,15,20)/b13-8-. The number of hydrogen-bond donors (Lipinski definition) is 3. The number of nitrogens with zero attached hydrogens (tertiary/aromatic N) is 3. The first-order valence-corrected chi connectivity index (χ1v) is 6.79. The van der Waals surface area contributed by atoms with E-state index >= 15 is 0 Å². The van der Waals surface area contributed by atoms with Gasteiger partial charge in [0.2, 0.25) is 9.54 Å². The highest BCUT2D eigenvalue weighted by Gasteiger charge is 1.99. The largest absolute Gasteiger partial charge is 0.395 e. The number of rotatable bonds is 5. The lowest BCUT2D eigenvalue weighted by atomic mass is 10.2. The second-order valence-corrected chi connectivity index (χ2v) is 4.93. The van der Waals surface area contributed by atoms with Crippen LogP contribution in [0.15, 0.2) is 29.4 Å². The van der Waals surface area contributed by atoms with Crippen molar-refractivity contribution in [2.24, 2.45) is 5.10 Å². The van der Waals surface area contributed by atoms with Crippen LogP contribution in [0.2, 0.25) is 0 Å². The number of aliphatic hydroxyl groups is 1. The molecule has 0 amide bonds. The van der Waals surface area contributed by atoms with Crippen LogP contribution in [0.4, 0.5) is 5.69 Å². The van der Waals surface area contributed by atoms with Gasteiger partial charge in [0, 0.05) is 19.3 Å². The molecule has 2 rings (SSSR count). The molecule has 8 heteroatoms. The number of aliphatic hydroxyl groups excluding tert-OH is 1. The Morgan fingerprint density at radius 2 is 1.85 bits per heavy atom. The molecule has 0 saturated carbocycles. The molecule has 0 atom stereocenters. The van der Waals surface area contributed by atoms with Crippen LogP contribution >= 0.6 is 24.4 Å². The Balaban J connectivity index is 2.15. The Hall–Kier alpha value is -1.77. The number of nitrogens with one attached hydrogen (secondary N) is 2. The van der Waals surface area contributed by atoms with Crippen LogP contribution in [0, 0.1) is 9.54 Å². The van der Waals surface area contributed by atoms with Gasteiger partial charge in [-0.25, -0.2) is 0 Å². The van der Waals surface area contributed by atoms with E-state index in [1.54, 1.807) is 6.21 Å². The maximum absolute atomic E-state index is 8.90. The van der Waals surface area contributed by atoms with Crippen molar-refractivity contribution in [1.29, 1.82) is 0 Å². The van der Waals surface area contributed by atoms with E-state index in [0.717, 1.165) is 11.3 Å². The maximum Gasteiger partial charge on any atom is 0.215 e. The zero-order valence-electron chi connectivity index (χ0n) is 10.9. The molecule has 0 radical (unpaired) electrons. The van der Waals surface area contributed by atoms with E-state index in [2.05, 4.69) is 15.3 Å². The molecule has 0 unspecified atom stereocenters. The monoisotopic (exact) mass is 309 g/mol. The van der Waals surface area contributed by atoms with Crippen molar-refractivity contribution in [2.45, 2.75) is 0 Å². The molecule has 2 aromatic rings. The summed E-state index contributed by atoms with van der Waals surface area (Å²) in [4.78, 5) is 1.97. The molecule has 106 valence electrons. The highest BCUT2D eigenvalue weighted by Crippen LogP contribution is 2.12. The van der Waals surface area contributed by atoms with Crippen molar-refractivity contribution in [3.8, 4) is 0 Å². The van der Waals surface area contributed by atoms with Gasteiger partial charge < -0.3 is 10.0 Å². The van der Waals surface area contributed by atoms with Gasteiger partial charge in [0.1, 0.15) is 0 Å². The van der Waals surface area contributed by atoms with Gasteiger partial charge in [-0.1, -0.05) is 12.1 Å². The van der Waals surface area contributed by atoms with Crippen molar-refractivity contribution < 1.29 is 5.11 Å². The minimum atomic E-state index is 0.129. The van der Waals surface area contributed by atoms with Crippen LogP contribution in [-0.4, -0.2) is 46.4 Å². The molecular weight excluding hydrogens is 294 g/mol. The number of aromatic amines is 2. The molecule has 0 spiro atoms. The molecule has 0 bridgehead atoms. The van der Waals surface area contributed by atoms with Crippen LogP contribution in [0.25, 0.3) is 0 Å². The van der Waals surface area contributed by atoms with Crippen LogP contribution < -0.4 is 4.90 Å². The summed E-state index contributed by atoms with van der Waals surface area (Å²) in [5, 5.41) is 18.5. The Labute approximate surface area is 126 Å². The van der Waals surface area contributed by atoms with Crippen LogP contribution in [0.1, 0.15) is 5.56 Å². The summed E-state index contributed by atoms with van der Waals surface area (Å²) in [6.45, 7) is 0.727. The predicted octanol–water partition coefficient (Wildman–Crippen LogP) is 1.91. The van der Waals surface area contributed by atoms with E-state index in [0.29, 0.717) is 16.1 Å². The van der Waals surface area contributed by atoms with Crippen molar-refractivity contribution in [3.63, 3.8) is 0 Å². The summed E-state index contributed by atoms with van der Waals surface area (Å²) >= 11 is 10.1. The van der Waals surface area contributed by atoms with E-state index in [1.807, 2.05) is 36.2 Å². The van der Waals surface area contributed by atoms with Crippen LogP contribution in [0.5, 0.6) is 0 Å². The zero-order chi connectivity index (χ0) is 14.5. The Morgan fingerprint density at radius 1 is 1.25 bits per heavy atom. The number of hydrogen-bond acceptors (Lipinski definition) is 5. The average molecular weight is 309 g/mol. The van der Waals surface area contributed by atoms with Gasteiger partial charge in [0.15, 0.2) is 0 Å². The van der Waals surface area contributed by atoms with Crippen molar-refractivity contribution in [3.05, 3.63) is 39.4 Å². The van der Waals surface area contributed by atoms with E-state index in [9.17, 15) is 0 Å². The van der Waals surface area contributed by atoms with E-state index in [4.69, 9.17) is 29.5 Å². The molecular formula is C12H15N5OS2. The van der Waals surface area contributed by atoms with Gasteiger partial charge in [-0.15, -0.1) is 0 Å². The number of aromatic nitrogens is 3. The summed E-state index contributed by atoms with van der Waals surface area (Å²) < 4.78 is 2.28. The molecule has 0 aliphatic heterocycles. The normalized spacial score (nSPS) is 11.1. The first kappa shape index (κ1) is 14.6. The molecule has 3 N–H and O–H groups in total. The second kappa shape index (κ2) is 6.60. The highest BCUT2D eigenvalue weighted by atomic mass is 32.1. The lowest BCUT2D eigenvalue weighted by molar-refractivity contribution is 0.304. The third-order valence-corrected chi connectivity index (χ3v) is 3.30. The number of anilines is 1. The van der Waals surface area contributed by atoms with Crippen LogP contribution in [0.3, 0.4) is 0 Å². The van der Waals surface area contributed by atoms with Gasteiger partial charge in [-0.05, 0) is 42.1 Å². The first-order valence-electron chi connectivity index (χ1n) is 5.98. The van der Waals surface area contributed by atoms with Gasteiger partial charge >= 0.3 is 0 Å². The van der Waals surface area contributed by atoms with Crippen LogP contribution in [-0.2, 0) is 0 Å².